The molecule has 0 saturated heterocycles. The van der Waals surface area contributed by atoms with Crippen molar-refractivity contribution in [2.75, 3.05) is 0 Å². The van der Waals surface area contributed by atoms with Gasteiger partial charge in [0, 0.05) is 53.6 Å². The second-order valence-electron chi connectivity index (χ2n) is 22.0. The number of thiophene rings is 2. The van der Waals surface area contributed by atoms with Gasteiger partial charge in [0.1, 0.15) is 47.9 Å². The van der Waals surface area contributed by atoms with Crippen LogP contribution in [0.3, 0.4) is 0 Å². The van der Waals surface area contributed by atoms with Crippen LogP contribution in [-0.2, 0) is 75.8 Å². The molecule has 4 heterocycles. The summed E-state index contributed by atoms with van der Waals surface area (Å²) in [5.41, 5.74) is -6.03. The van der Waals surface area contributed by atoms with Crippen LogP contribution in [0.25, 0.3) is 64.0 Å². The fraction of sp³-hybridized carbons (Fsp3) is 0.0811. The molecule has 0 amide bonds. The lowest BCUT2D eigenvalue weighted by molar-refractivity contribution is -0.185. The van der Waals surface area contributed by atoms with Gasteiger partial charge in [-0.2, -0.15) is 0 Å². The zero-order valence-corrected chi connectivity index (χ0v) is 49.7. The molecule has 92 heavy (non-hydrogen) atoms. The molecule has 0 N–H and O–H groups in total. The van der Waals surface area contributed by atoms with Crippen LogP contribution in [0.1, 0.15) is 33.4 Å². The third-order valence-corrected chi connectivity index (χ3v) is 18.5. The minimum Gasteiger partial charge on any atom is -0.459 e. The summed E-state index contributed by atoms with van der Waals surface area (Å²) in [4.78, 5) is 129. The van der Waals surface area contributed by atoms with Crippen molar-refractivity contribution in [3.63, 3.8) is 0 Å². The highest BCUT2D eigenvalue weighted by Gasteiger charge is 2.61. The number of ether oxygens (including phenoxy) is 6. The first-order valence-corrected chi connectivity index (χ1v) is 30.6. The Bertz CT molecular complexity index is 4960. The number of benzene rings is 9. The topological polar surface area (TPSA) is 217 Å². The van der Waals surface area contributed by atoms with Gasteiger partial charge in [-0.3, -0.25) is 19.2 Å². The monoisotopic (exact) mass is 1250 g/mol. The van der Waals surface area contributed by atoms with E-state index in [4.69, 9.17) is 38.4 Å². The second-order valence-corrected chi connectivity index (χ2v) is 24.1. The summed E-state index contributed by atoms with van der Waals surface area (Å²) in [6.45, 7) is -1.31. The highest BCUT2D eigenvalue weighted by Crippen LogP contribution is 2.59. The molecule has 16 nitrogen and oxygen atoms in total. The molecule has 0 fully saturated rings. The summed E-state index contributed by atoms with van der Waals surface area (Å²) in [7, 11) is 0. The molecule has 11 aromatic carbocycles. The van der Waals surface area contributed by atoms with Crippen LogP contribution in [-0.4, -0.2) is 23.9 Å². The Labute approximate surface area is 527 Å². The number of hydrogen-bond donors (Lipinski definition) is 0. The first-order chi connectivity index (χ1) is 44.8. The molecule has 2 aliphatic rings. The molecule has 446 valence electrons. The van der Waals surface area contributed by atoms with Crippen molar-refractivity contribution >= 4 is 99.6 Å². The maximum atomic E-state index is 15.5. The molecule has 2 aromatic heterocycles. The molecule has 0 radical (unpaired) electrons. The summed E-state index contributed by atoms with van der Waals surface area (Å²) < 4.78 is 38.1. The van der Waals surface area contributed by atoms with Gasteiger partial charge in [0.05, 0.1) is 0 Å². The Kier molecular flexibility index (Phi) is 14.1. The van der Waals surface area contributed by atoms with E-state index in [-0.39, 0.29) is 101 Å². The zero-order valence-electron chi connectivity index (χ0n) is 48.0. The van der Waals surface area contributed by atoms with E-state index < -0.39 is 67.5 Å². The number of esters is 4. The molecule has 0 bridgehead atoms. The molecule has 18 heteroatoms. The predicted molar refractivity (Wildman–Crippen MR) is 346 cm³/mol. The van der Waals surface area contributed by atoms with Crippen molar-refractivity contribution in [1.29, 1.82) is 0 Å². The molecule has 15 rings (SSSR count). The van der Waals surface area contributed by atoms with E-state index in [1.54, 1.807) is 146 Å². The molecular weight excluding hydrogens is 1200 g/mol. The predicted octanol–water partition coefficient (Wildman–Crippen LogP) is 11.6. The lowest BCUT2D eigenvalue weighted by Gasteiger charge is -2.37. The van der Waals surface area contributed by atoms with Gasteiger partial charge in [-0.25, -0.2) is 29.2 Å². The number of fused-ring (bicyclic) bond motifs is 10. The highest BCUT2D eigenvalue weighted by atomic mass is 32.1. The second kappa shape index (κ2) is 22.8. The van der Waals surface area contributed by atoms with Gasteiger partial charge < -0.3 is 28.4 Å². The van der Waals surface area contributed by atoms with Crippen molar-refractivity contribution in [2.45, 2.75) is 37.6 Å². The normalized spacial score (nSPS) is 13.2. The van der Waals surface area contributed by atoms with Gasteiger partial charge in [0.2, 0.25) is 21.7 Å². The van der Waals surface area contributed by atoms with E-state index in [0.717, 1.165) is 44.2 Å². The summed E-state index contributed by atoms with van der Waals surface area (Å²) in [5, 5.41) is 2.58. The van der Waals surface area contributed by atoms with Gasteiger partial charge in [0.25, 0.3) is 0 Å². The molecule has 13 aromatic rings. The average Bonchev–Trinajstić information content (AvgIpc) is 1.32. The quantitative estimate of drug-likeness (QED) is 0.0562. The fourth-order valence-electron chi connectivity index (χ4n) is 11.8. The van der Waals surface area contributed by atoms with Crippen molar-refractivity contribution in [1.82, 2.24) is 0 Å². The summed E-state index contributed by atoms with van der Waals surface area (Å²) >= 11 is 1.78. The third-order valence-electron chi connectivity index (χ3n) is 16.3. The van der Waals surface area contributed by atoms with Gasteiger partial charge in [0.15, 0.2) is 10.7 Å². The van der Waals surface area contributed by atoms with Crippen LogP contribution < -0.4 is 41.9 Å². The summed E-state index contributed by atoms with van der Waals surface area (Å²) in [6, 6.07) is 61.6. The molecule has 0 spiro atoms. The minimum atomic E-state index is -2.81. The number of carbonyl (C=O) groups excluding carboxylic acids is 4. The summed E-state index contributed by atoms with van der Waals surface area (Å²) in [6.07, 6.45) is 0. The average molecular weight is 1250 g/mol. The van der Waals surface area contributed by atoms with E-state index in [1.165, 1.54) is 24.3 Å². The summed E-state index contributed by atoms with van der Waals surface area (Å²) in [5.74, 6) is -5.13. The molecule has 0 saturated carbocycles. The highest BCUT2D eigenvalue weighted by molar-refractivity contribution is 7.20. The maximum Gasteiger partial charge on any atom is 0.367 e. The SMILES string of the molecule is O=C(OCc1ccccc1)C1(C(=O)OCc2ccccc2)Oc2cc3c(cc2-c2sc(N=c4c(=O)c5cc6ccccc6cc5c4=O)cc21)OC(C(=O)OCc1ccccc1)(C(=O)OCc1ccccc1)c1cc(N=c2c(=O)c4cc5ccccc5cc4c2=O)sc1-3. The Balaban J connectivity index is 0.956. The van der Waals surface area contributed by atoms with Crippen LogP contribution in [0.15, 0.2) is 248 Å². The Morgan fingerprint density at radius 3 is 0.880 bits per heavy atom. The number of rotatable bonds is 14. The van der Waals surface area contributed by atoms with Gasteiger partial charge in [-0.1, -0.05) is 170 Å². The molecule has 0 aliphatic carbocycles. The van der Waals surface area contributed by atoms with Crippen LogP contribution in [0.5, 0.6) is 11.5 Å². The van der Waals surface area contributed by atoms with Crippen molar-refractivity contribution in [3.05, 3.63) is 303 Å². The first-order valence-electron chi connectivity index (χ1n) is 29.0. The van der Waals surface area contributed by atoms with Crippen LogP contribution in [0.4, 0.5) is 10.0 Å². The standard InChI is InChI=1S/C74H44N2O14S2/c77-63-49-29-45-25-13-14-26-46(45)30-50(49)64(78)61(63)75-59-35-55-67(91-59)53-34-58-54(33-57(53)89-73(55,69(81)85-37-41-17-5-1-6-18-41)70(82)86-38-42-19-7-2-8-20-42)68-56(36-60(92-68)76-62-65(79)51-31-47-27-15-16-28-48(47)32-52(51)66(62)80)74(90-58,71(83)87-39-43-21-9-3-10-22-43)72(84)88-40-44-23-11-4-12-24-44/h1-36H,37-40H2. The minimum absolute atomic E-state index is 0.0193. The van der Waals surface area contributed by atoms with E-state index in [2.05, 4.69) is 0 Å². The Morgan fingerprint density at radius 2 is 0.609 bits per heavy atom. The van der Waals surface area contributed by atoms with Gasteiger partial charge >= 0.3 is 35.1 Å². The lowest BCUT2D eigenvalue weighted by atomic mass is 9.85. The smallest absolute Gasteiger partial charge is 0.367 e. The van der Waals surface area contributed by atoms with E-state index in [1.807, 2.05) is 48.5 Å². The van der Waals surface area contributed by atoms with Crippen LogP contribution in [0, 0.1) is 0 Å². The lowest BCUT2D eigenvalue weighted by Crippen LogP contribution is -2.52. The first kappa shape index (κ1) is 56.9. The molecule has 2 aliphatic heterocycles. The third kappa shape index (κ3) is 9.67. The zero-order chi connectivity index (χ0) is 62.8. The van der Waals surface area contributed by atoms with Crippen molar-refractivity contribution in [2.24, 2.45) is 9.98 Å². The van der Waals surface area contributed by atoms with E-state index >= 15 is 19.2 Å². The van der Waals surface area contributed by atoms with Gasteiger partial charge in [-0.15, -0.1) is 22.7 Å². The van der Waals surface area contributed by atoms with Crippen molar-refractivity contribution in [3.8, 4) is 32.4 Å². The van der Waals surface area contributed by atoms with E-state index in [0.29, 0.717) is 22.3 Å². The Morgan fingerprint density at radius 1 is 0.348 bits per heavy atom. The molecule has 0 atom stereocenters. The number of hydrogen-bond acceptors (Lipinski definition) is 18. The fourth-order valence-corrected chi connectivity index (χ4v) is 14.0. The Hall–Kier alpha value is -11.6. The number of carbonyl (C=O) groups is 4. The van der Waals surface area contributed by atoms with Crippen LogP contribution in [0.2, 0.25) is 0 Å². The largest absolute Gasteiger partial charge is 0.459 e. The number of nitrogens with zero attached hydrogens (tertiary/aromatic N) is 2. The van der Waals surface area contributed by atoms with Crippen LogP contribution >= 0.6 is 22.7 Å². The molecular formula is C74H44N2O14S2. The maximum absolute atomic E-state index is 15.5. The van der Waals surface area contributed by atoms with Gasteiger partial charge in [-0.05, 0) is 92.3 Å². The van der Waals surface area contributed by atoms with E-state index in [9.17, 15) is 19.2 Å². The van der Waals surface area contributed by atoms with Crippen molar-refractivity contribution < 1.29 is 47.6 Å². The molecule has 0 unspecified atom stereocenters.